The van der Waals surface area contributed by atoms with Gasteiger partial charge in [-0.3, -0.25) is 15.5 Å². The Morgan fingerprint density at radius 3 is 2.26 bits per heavy atom. The van der Waals surface area contributed by atoms with E-state index in [1.165, 1.54) is 12.1 Å². The van der Waals surface area contributed by atoms with Crippen molar-refractivity contribution in [2.75, 3.05) is 17.7 Å². The number of ether oxygens (including phenoxy) is 1. The van der Waals surface area contributed by atoms with Crippen LogP contribution in [0.2, 0.25) is 0 Å². The number of carboxylic acid groups (broad SMARTS) is 1. The highest BCUT2D eigenvalue weighted by Crippen LogP contribution is 2.42. The summed E-state index contributed by atoms with van der Waals surface area (Å²) in [5, 5.41) is 41.5. The lowest BCUT2D eigenvalue weighted by Gasteiger charge is -2.18. The van der Waals surface area contributed by atoms with Crippen molar-refractivity contribution in [1.82, 2.24) is 0 Å². The van der Waals surface area contributed by atoms with Crippen LogP contribution in [-0.4, -0.2) is 41.0 Å². The highest BCUT2D eigenvalue weighted by atomic mass is 19.4. The molecule has 38 heavy (non-hydrogen) atoms. The molecule has 0 spiro atoms. The summed E-state index contributed by atoms with van der Waals surface area (Å²) in [7, 11) is 1.01. The molecule has 0 aliphatic rings. The maximum absolute atomic E-state index is 13.6. The van der Waals surface area contributed by atoms with Crippen LogP contribution in [0.1, 0.15) is 27.0 Å². The van der Waals surface area contributed by atoms with Gasteiger partial charge >= 0.3 is 18.2 Å². The van der Waals surface area contributed by atoms with Crippen LogP contribution in [0.5, 0.6) is 5.75 Å². The van der Waals surface area contributed by atoms with E-state index in [1.54, 1.807) is 6.07 Å². The van der Waals surface area contributed by atoms with Crippen molar-refractivity contribution in [3.63, 3.8) is 0 Å². The van der Waals surface area contributed by atoms with Crippen LogP contribution < -0.4 is 10.6 Å². The van der Waals surface area contributed by atoms with Crippen LogP contribution >= 0.6 is 0 Å². The highest BCUT2D eigenvalue weighted by Gasteiger charge is 2.34. The van der Waals surface area contributed by atoms with Gasteiger partial charge in [0.2, 0.25) is 0 Å². The molecule has 5 N–H and O–H groups in total. The maximum atomic E-state index is 13.6. The van der Waals surface area contributed by atoms with Crippen molar-refractivity contribution in [2.45, 2.75) is 6.18 Å². The Balaban J connectivity index is 2.08. The molecule has 3 aromatic rings. The number of carbonyl (C=O) groups excluding carboxylic acids is 2. The number of phenols is 1. The topological polar surface area (TPSA) is 173 Å². The third kappa shape index (κ3) is 5.71. The van der Waals surface area contributed by atoms with Gasteiger partial charge in [-0.15, -0.1) is 0 Å². The fourth-order valence-corrected chi connectivity index (χ4v) is 3.45. The Hall–Kier alpha value is -5.38. The summed E-state index contributed by atoms with van der Waals surface area (Å²) in [5.41, 5.74) is -4.18. The van der Waals surface area contributed by atoms with Crippen LogP contribution in [-0.2, 0) is 15.7 Å². The van der Waals surface area contributed by atoms with E-state index in [9.17, 15) is 37.8 Å². The Labute approximate surface area is 212 Å². The van der Waals surface area contributed by atoms with Gasteiger partial charge < -0.3 is 20.3 Å². The molecule has 0 unspecified atom stereocenters. The lowest BCUT2D eigenvalue weighted by atomic mass is 9.94. The molecule has 0 atom stereocenters. The molecule has 13 heteroatoms. The molecule has 0 aromatic heterocycles. The van der Waals surface area contributed by atoms with Crippen LogP contribution in [0, 0.1) is 16.7 Å². The SMILES string of the molecule is COC(=O)Nc1cc(C(=N)C(=O)Nc2ccc(C#N)cc2C(=O)O)c(O)cc1-c1ccccc1C(F)(F)F. The number of alkyl halides is 3. The number of halogens is 3. The second kappa shape index (κ2) is 10.7. The number of nitrogens with zero attached hydrogens (tertiary/aromatic N) is 1. The third-order valence-electron chi connectivity index (χ3n) is 5.20. The van der Waals surface area contributed by atoms with Crippen LogP contribution in [0.25, 0.3) is 11.1 Å². The van der Waals surface area contributed by atoms with Gasteiger partial charge in [0.15, 0.2) is 0 Å². The first kappa shape index (κ1) is 27.2. The standard InChI is InChI=1S/C25H17F3N4O6/c1-38-24(37)32-19-9-16(20(33)10-14(19)13-4-2-3-5-17(13)25(26,27)28)21(30)22(34)31-18-7-6-12(11-29)8-15(18)23(35)36/h2-10,30,33H,1H3,(H,31,34)(H,32,37)(H,35,36). The molecule has 0 saturated carbocycles. The number of aromatic carboxylic acids is 1. The van der Waals surface area contributed by atoms with E-state index in [-0.39, 0.29) is 22.5 Å². The summed E-state index contributed by atoms with van der Waals surface area (Å²) in [6.07, 6.45) is -5.87. The van der Waals surface area contributed by atoms with Crippen LogP contribution in [0.3, 0.4) is 0 Å². The maximum Gasteiger partial charge on any atom is 0.417 e. The zero-order valence-electron chi connectivity index (χ0n) is 19.3. The lowest BCUT2D eigenvalue weighted by molar-refractivity contribution is -0.137. The summed E-state index contributed by atoms with van der Waals surface area (Å²) in [6, 6.07) is 11.2. The average Bonchev–Trinajstić information content (AvgIpc) is 2.88. The zero-order valence-corrected chi connectivity index (χ0v) is 19.3. The Morgan fingerprint density at radius 2 is 1.66 bits per heavy atom. The van der Waals surface area contributed by atoms with E-state index in [0.29, 0.717) is 0 Å². The number of benzene rings is 3. The van der Waals surface area contributed by atoms with Gasteiger partial charge in [-0.25, -0.2) is 9.59 Å². The molecular formula is C25H17F3N4O6. The smallest absolute Gasteiger partial charge is 0.417 e. The molecular weight excluding hydrogens is 509 g/mol. The number of phenolic OH excluding ortho intramolecular Hbond substituents is 1. The molecule has 0 radical (unpaired) electrons. The number of nitriles is 1. The van der Waals surface area contributed by atoms with Gasteiger partial charge in [0.1, 0.15) is 11.5 Å². The monoisotopic (exact) mass is 526 g/mol. The molecule has 0 heterocycles. The molecule has 0 saturated heterocycles. The van der Waals surface area contributed by atoms with E-state index in [1.807, 2.05) is 0 Å². The van der Waals surface area contributed by atoms with Gasteiger partial charge in [0.25, 0.3) is 5.91 Å². The number of hydrogen-bond acceptors (Lipinski definition) is 7. The van der Waals surface area contributed by atoms with E-state index < -0.39 is 57.9 Å². The molecule has 3 rings (SSSR count). The molecule has 0 fully saturated rings. The zero-order chi connectivity index (χ0) is 28.2. The van der Waals surface area contributed by atoms with Crippen molar-refractivity contribution >= 4 is 35.1 Å². The van der Waals surface area contributed by atoms with Gasteiger partial charge in [-0.05, 0) is 42.0 Å². The normalized spacial score (nSPS) is 10.7. The molecule has 0 aliphatic carbocycles. The molecule has 0 aliphatic heterocycles. The second-order valence-corrected chi connectivity index (χ2v) is 7.58. The Morgan fingerprint density at radius 1 is 0.974 bits per heavy atom. The molecule has 3 aromatic carbocycles. The van der Waals surface area contributed by atoms with Crippen LogP contribution in [0.15, 0.2) is 54.6 Å². The van der Waals surface area contributed by atoms with Gasteiger partial charge in [-0.2, -0.15) is 18.4 Å². The predicted molar refractivity (Wildman–Crippen MR) is 128 cm³/mol. The quantitative estimate of drug-likeness (QED) is 0.226. The highest BCUT2D eigenvalue weighted by molar-refractivity contribution is 6.48. The van der Waals surface area contributed by atoms with Crippen molar-refractivity contribution in [3.8, 4) is 22.9 Å². The number of amides is 2. The minimum absolute atomic E-state index is 0.00127. The first-order valence-electron chi connectivity index (χ1n) is 10.4. The van der Waals surface area contributed by atoms with Gasteiger partial charge in [-0.1, -0.05) is 18.2 Å². The number of rotatable bonds is 6. The van der Waals surface area contributed by atoms with E-state index in [2.05, 4.69) is 15.4 Å². The number of methoxy groups -OCH3 is 1. The van der Waals surface area contributed by atoms with Crippen LogP contribution in [0.4, 0.5) is 29.3 Å². The fourth-order valence-electron chi connectivity index (χ4n) is 3.45. The lowest BCUT2D eigenvalue weighted by Crippen LogP contribution is -2.24. The van der Waals surface area contributed by atoms with Gasteiger partial charge in [0, 0.05) is 11.1 Å². The predicted octanol–water partition coefficient (Wildman–Crippen LogP) is 4.83. The Kier molecular flexibility index (Phi) is 7.67. The Bertz CT molecular complexity index is 1510. The molecule has 0 bridgehead atoms. The molecule has 2 amide bonds. The summed E-state index contributed by atoms with van der Waals surface area (Å²) in [4.78, 5) is 36.2. The molecule has 194 valence electrons. The number of carbonyl (C=O) groups is 3. The second-order valence-electron chi connectivity index (χ2n) is 7.58. The first-order valence-corrected chi connectivity index (χ1v) is 10.4. The van der Waals surface area contributed by atoms with E-state index in [4.69, 9.17) is 10.7 Å². The summed E-state index contributed by atoms with van der Waals surface area (Å²) in [6.45, 7) is 0. The summed E-state index contributed by atoms with van der Waals surface area (Å²) < 4.78 is 45.4. The number of anilines is 2. The number of aromatic hydroxyl groups is 1. The fraction of sp³-hybridized carbons (Fsp3) is 0.0800. The first-order chi connectivity index (χ1) is 17.9. The average molecular weight is 526 g/mol. The number of hydrogen-bond donors (Lipinski definition) is 5. The number of nitrogens with one attached hydrogen (secondary N) is 3. The van der Waals surface area contributed by atoms with E-state index >= 15 is 0 Å². The van der Waals surface area contributed by atoms with Crippen molar-refractivity contribution < 1.29 is 42.5 Å². The van der Waals surface area contributed by atoms with E-state index in [0.717, 1.165) is 49.6 Å². The minimum Gasteiger partial charge on any atom is -0.507 e. The molecule has 10 nitrogen and oxygen atoms in total. The largest absolute Gasteiger partial charge is 0.507 e. The summed E-state index contributed by atoms with van der Waals surface area (Å²) >= 11 is 0. The number of carboxylic acids is 1. The summed E-state index contributed by atoms with van der Waals surface area (Å²) in [5.74, 6) is -3.44. The van der Waals surface area contributed by atoms with Crippen molar-refractivity contribution in [1.29, 1.82) is 10.7 Å². The minimum atomic E-state index is -4.79. The third-order valence-corrected chi connectivity index (χ3v) is 5.20. The van der Waals surface area contributed by atoms with Crippen molar-refractivity contribution in [3.05, 3.63) is 76.9 Å². The van der Waals surface area contributed by atoms with Crippen molar-refractivity contribution in [2.24, 2.45) is 0 Å². The van der Waals surface area contributed by atoms with Gasteiger partial charge in [0.05, 0.1) is 41.2 Å².